The second-order valence-corrected chi connectivity index (χ2v) is 6.43. The summed E-state index contributed by atoms with van der Waals surface area (Å²) in [4.78, 5) is 0. The van der Waals surface area contributed by atoms with Crippen LogP contribution in [0.15, 0.2) is 77.3 Å². The monoisotopic (exact) mass is 324 g/mol. The Labute approximate surface area is 129 Å². The molecular formula is C19H17Br. The highest BCUT2D eigenvalue weighted by atomic mass is 79.9. The summed E-state index contributed by atoms with van der Waals surface area (Å²) in [6.07, 6.45) is 7.77. The normalized spacial score (nSPS) is 21.6. The van der Waals surface area contributed by atoms with E-state index in [4.69, 9.17) is 0 Å². The summed E-state index contributed by atoms with van der Waals surface area (Å²) in [6, 6.07) is 19.3. The molecule has 0 saturated heterocycles. The molecule has 0 radical (unpaired) electrons. The van der Waals surface area contributed by atoms with Crippen molar-refractivity contribution in [3.8, 4) is 0 Å². The van der Waals surface area contributed by atoms with Gasteiger partial charge in [-0.25, -0.2) is 0 Å². The highest BCUT2D eigenvalue weighted by Gasteiger charge is 2.26. The van der Waals surface area contributed by atoms with Crippen molar-refractivity contribution in [1.82, 2.24) is 0 Å². The second-order valence-electron chi connectivity index (χ2n) is 5.52. The van der Waals surface area contributed by atoms with Crippen LogP contribution in [-0.2, 0) is 5.41 Å². The molecule has 0 amide bonds. The van der Waals surface area contributed by atoms with Crippen molar-refractivity contribution in [2.45, 2.75) is 18.8 Å². The van der Waals surface area contributed by atoms with Crippen molar-refractivity contribution >= 4 is 21.5 Å². The molecule has 0 saturated carbocycles. The van der Waals surface area contributed by atoms with Gasteiger partial charge in [-0.05, 0) is 35.3 Å². The highest BCUT2D eigenvalue weighted by molar-refractivity contribution is 9.10. The molecule has 0 bridgehead atoms. The second kappa shape index (κ2) is 5.41. The molecule has 0 aliphatic heterocycles. The molecule has 0 heterocycles. The Bertz CT molecular complexity index is 650. The first-order valence-electron chi connectivity index (χ1n) is 6.87. The molecule has 20 heavy (non-hydrogen) atoms. The average molecular weight is 325 g/mol. The predicted octanol–water partition coefficient (Wildman–Crippen LogP) is 5.75. The molecule has 1 aliphatic rings. The van der Waals surface area contributed by atoms with Crippen LogP contribution in [0.25, 0.3) is 5.57 Å². The maximum atomic E-state index is 3.50. The van der Waals surface area contributed by atoms with Gasteiger partial charge >= 0.3 is 0 Å². The third-order valence-corrected chi connectivity index (χ3v) is 4.50. The lowest BCUT2D eigenvalue weighted by Gasteiger charge is -2.30. The minimum Gasteiger partial charge on any atom is -0.0739 e. The first kappa shape index (κ1) is 13.4. The van der Waals surface area contributed by atoms with Gasteiger partial charge in [-0.3, -0.25) is 0 Å². The van der Waals surface area contributed by atoms with E-state index < -0.39 is 0 Å². The molecule has 2 aromatic carbocycles. The van der Waals surface area contributed by atoms with Gasteiger partial charge in [-0.1, -0.05) is 83.5 Å². The summed E-state index contributed by atoms with van der Waals surface area (Å²) in [5.74, 6) is 0. The van der Waals surface area contributed by atoms with Crippen molar-refractivity contribution < 1.29 is 0 Å². The Morgan fingerprint density at radius 1 is 0.950 bits per heavy atom. The molecule has 1 atom stereocenters. The lowest BCUT2D eigenvalue weighted by atomic mass is 9.73. The Kier molecular flexibility index (Phi) is 3.62. The molecule has 0 spiro atoms. The number of hydrogen-bond donors (Lipinski definition) is 0. The molecule has 1 unspecified atom stereocenters. The fourth-order valence-electron chi connectivity index (χ4n) is 2.77. The lowest BCUT2D eigenvalue weighted by molar-refractivity contribution is 0.609. The average Bonchev–Trinajstić information content (AvgIpc) is 2.49. The maximum absolute atomic E-state index is 3.50. The SMILES string of the molecule is CC1(c2ccccc2)C=CC=C(c2ccc(Br)cc2)C1. The van der Waals surface area contributed by atoms with Gasteiger partial charge in [0.1, 0.15) is 0 Å². The summed E-state index contributed by atoms with van der Waals surface area (Å²) in [5.41, 5.74) is 4.16. The summed E-state index contributed by atoms with van der Waals surface area (Å²) in [6.45, 7) is 2.31. The van der Waals surface area contributed by atoms with Crippen LogP contribution in [-0.4, -0.2) is 0 Å². The standard InChI is InChI=1S/C19H17Br/c1-19(17-7-3-2-4-8-17)13-5-6-16(14-19)15-9-11-18(20)12-10-15/h2-13H,14H2,1H3. The Morgan fingerprint density at radius 2 is 1.65 bits per heavy atom. The maximum Gasteiger partial charge on any atom is 0.0175 e. The third-order valence-electron chi connectivity index (χ3n) is 3.97. The molecule has 3 rings (SSSR count). The summed E-state index contributed by atoms with van der Waals surface area (Å²) < 4.78 is 1.12. The van der Waals surface area contributed by atoms with E-state index in [0.29, 0.717) is 0 Å². The number of rotatable bonds is 2. The number of allylic oxidation sites excluding steroid dienone is 4. The van der Waals surface area contributed by atoms with Crippen molar-refractivity contribution in [3.63, 3.8) is 0 Å². The Balaban J connectivity index is 1.92. The van der Waals surface area contributed by atoms with E-state index in [1.54, 1.807) is 0 Å². The number of halogens is 1. The lowest BCUT2D eigenvalue weighted by Crippen LogP contribution is -2.21. The Hall–Kier alpha value is -1.60. The van der Waals surface area contributed by atoms with Crippen LogP contribution in [0.4, 0.5) is 0 Å². The van der Waals surface area contributed by atoms with Crippen LogP contribution in [0.1, 0.15) is 24.5 Å². The summed E-state index contributed by atoms with van der Waals surface area (Å²) >= 11 is 3.50. The first-order chi connectivity index (χ1) is 9.67. The van der Waals surface area contributed by atoms with Gasteiger partial charge in [0.15, 0.2) is 0 Å². The van der Waals surface area contributed by atoms with Crippen LogP contribution >= 0.6 is 15.9 Å². The fraction of sp³-hybridized carbons (Fsp3) is 0.158. The molecule has 1 heteroatoms. The van der Waals surface area contributed by atoms with Crippen LogP contribution in [0.5, 0.6) is 0 Å². The van der Waals surface area contributed by atoms with Gasteiger partial charge in [-0.15, -0.1) is 0 Å². The minimum absolute atomic E-state index is 0.0818. The van der Waals surface area contributed by atoms with Crippen molar-refractivity contribution in [2.24, 2.45) is 0 Å². The molecule has 0 fully saturated rings. The minimum atomic E-state index is 0.0818. The van der Waals surface area contributed by atoms with Crippen LogP contribution < -0.4 is 0 Å². The summed E-state index contributed by atoms with van der Waals surface area (Å²) in [5, 5.41) is 0. The van der Waals surface area contributed by atoms with Crippen LogP contribution in [0.2, 0.25) is 0 Å². The summed E-state index contributed by atoms with van der Waals surface area (Å²) in [7, 11) is 0. The van der Waals surface area contributed by atoms with Crippen LogP contribution in [0, 0.1) is 0 Å². The van der Waals surface area contributed by atoms with E-state index in [0.717, 1.165) is 10.9 Å². The van der Waals surface area contributed by atoms with Crippen molar-refractivity contribution in [2.75, 3.05) is 0 Å². The largest absolute Gasteiger partial charge is 0.0739 e. The van der Waals surface area contributed by atoms with E-state index in [1.807, 2.05) is 0 Å². The van der Waals surface area contributed by atoms with E-state index in [2.05, 4.69) is 95.7 Å². The topological polar surface area (TPSA) is 0 Å². The fourth-order valence-corrected chi connectivity index (χ4v) is 3.03. The van der Waals surface area contributed by atoms with Gasteiger partial charge in [-0.2, -0.15) is 0 Å². The first-order valence-corrected chi connectivity index (χ1v) is 7.67. The Morgan fingerprint density at radius 3 is 2.35 bits per heavy atom. The molecule has 0 N–H and O–H groups in total. The van der Waals surface area contributed by atoms with Gasteiger partial charge in [0.25, 0.3) is 0 Å². The van der Waals surface area contributed by atoms with Crippen molar-refractivity contribution in [1.29, 1.82) is 0 Å². The van der Waals surface area contributed by atoms with Gasteiger partial charge < -0.3 is 0 Å². The van der Waals surface area contributed by atoms with E-state index in [9.17, 15) is 0 Å². The molecule has 2 aromatic rings. The van der Waals surface area contributed by atoms with Crippen LogP contribution in [0.3, 0.4) is 0 Å². The van der Waals surface area contributed by atoms with E-state index in [1.165, 1.54) is 16.7 Å². The molecule has 0 aromatic heterocycles. The predicted molar refractivity (Wildman–Crippen MR) is 89.7 cm³/mol. The van der Waals surface area contributed by atoms with E-state index in [-0.39, 0.29) is 5.41 Å². The molecular weight excluding hydrogens is 308 g/mol. The molecule has 100 valence electrons. The molecule has 1 aliphatic carbocycles. The van der Waals surface area contributed by atoms with Gasteiger partial charge in [0, 0.05) is 9.89 Å². The zero-order chi connectivity index (χ0) is 14.0. The highest BCUT2D eigenvalue weighted by Crippen LogP contribution is 2.38. The quantitative estimate of drug-likeness (QED) is 0.659. The van der Waals surface area contributed by atoms with E-state index >= 15 is 0 Å². The van der Waals surface area contributed by atoms with Crippen molar-refractivity contribution in [3.05, 3.63) is 88.4 Å². The smallest absolute Gasteiger partial charge is 0.0175 e. The molecule has 0 nitrogen and oxygen atoms in total. The number of benzene rings is 2. The van der Waals surface area contributed by atoms with Gasteiger partial charge in [0.05, 0.1) is 0 Å². The van der Waals surface area contributed by atoms with Gasteiger partial charge in [0.2, 0.25) is 0 Å². The third kappa shape index (κ3) is 2.64. The zero-order valence-electron chi connectivity index (χ0n) is 11.5. The zero-order valence-corrected chi connectivity index (χ0v) is 13.1. The number of hydrogen-bond acceptors (Lipinski definition) is 0.